The summed E-state index contributed by atoms with van der Waals surface area (Å²) in [6.45, 7) is 6.10. The van der Waals surface area contributed by atoms with Crippen LogP contribution in [0.25, 0.3) is 0 Å². The highest BCUT2D eigenvalue weighted by Crippen LogP contribution is 2.07. The first-order chi connectivity index (χ1) is 9.17. The zero-order chi connectivity index (χ0) is 14.1. The topological polar surface area (TPSA) is 58.6 Å². The summed E-state index contributed by atoms with van der Waals surface area (Å²) in [4.78, 5) is 11.5. The molecule has 1 aromatic rings. The molecule has 0 heterocycles. The molecular weight excluding hydrogens is 242 g/mol. The van der Waals surface area contributed by atoms with Gasteiger partial charge in [-0.05, 0) is 12.0 Å². The van der Waals surface area contributed by atoms with Gasteiger partial charge in [0.05, 0.1) is 6.10 Å². The fourth-order valence-corrected chi connectivity index (χ4v) is 1.65. The second kappa shape index (κ2) is 8.32. The Kier molecular flexibility index (Phi) is 6.68. The molecule has 19 heavy (non-hydrogen) atoms. The Bertz CT molecular complexity index is 392. The number of hydrogen-bond acceptors (Lipinski definition) is 3. The van der Waals surface area contributed by atoms with Crippen LogP contribution in [0.1, 0.15) is 18.9 Å². The van der Waals surface area contributed by atoms with Gasteiger partial charge in [-0.2, -0.15) is 0 Å². The van der Waals surface area contributed by atoms with Crippen LogP contribution in [0, 0.1) is 5.92 Å². The molecular formula is C15H21NO3. The van der Waals surface area contributed by atoms with Crippen molar-refractivity contribution in [2.24, 2.45) is 5.92 Å². The van der Waals surface area contributed by atoms with E-state index in [9.17, 15) is 9.90 Å². The second-order valence-corrected chi connectivity index (χ2v) is 4.32. The maximum absolute atomic E-state index is 11.5. The Balaban J connectivity index is 2.29. The van der Waals surface area contributed by atoms with E-state index in [1.807, 2.05) is 37.3 Å². The van der Waals surface area contributed by atoms with Crippen molar-refractivity contribution in [1.29, 1.82) is 0 Å². The average Bonchev–Trinajstić information content (AvgIpc) is 2.46. The van der Waals surface area contributed by atoms with E-state index in [-0.39, 0.29) is 12.5 Å². The minimum absolute atomic E-state index is 0.158. The van der Waals surface area contributed by atoms with E-state index < -0.39 is 12.2 Å². The van der Waals surface area contributed by atoms with Gasteiger partial charge in [0.2, 0.25) is 0 Å². The smallest absolute Gasteiger partial charge is 0.407 e. The van der Waals surface area contributed by atoms with Gasteiger partial charge in [0, 0.05) is 12.5 Å². The molecule has 0 aliphatic carbocycles. The quantitative estimate of drug-likeness (QED) is 0.743. The second-order valence-electron chi connectivity index (χ2n) is 4.32. The minimum Gasteiger partial charge on any atom is -0.445 e. The van der Waals surface area contributed by atoms with Crippen molar-refractivity contribution in [3.63, 3.8) is 0 Å². The van der Waals surface area contributed by atoms with Gasteiger partial charge in [0.1, 0.15) is 6.61 Å². The Morgan fingerprint density at radius 1 is 1.47 bits per heavy atom. The SMILES string of the molecule is C=C[C@@H](CNC(=O)OCc1ccccc1)[C@@H](O)CC. The number of rotatable bonds is 7. The molecule has 1 rings (SSSR count). The molecule has 0 fully saturated rings. The standard InChI is InChI=1S/C15H21NO3/c1-3-13(14(17)4-2)10-16-15(18)19-11-12-8-6-5-7-9-12/h3,5-9,13-14,17H,1,4,10-11H2,2H3,(H,16,18)/t13-,14-/m0/s1. The van der Waals surface area contributed by atoms with Crippen molar-refractivity contribution < 1.29 is 14.6 Å². The molecule has 1 amide bonds. The molecule has 2 atom stereocenters. The van der Waals surface area contributed by atoms with Crippen LogP contribution in [-0.2, 0) is 11.3 Å². The summed E-state index contributed by atoms with van der Waals surface area (Å²) in [6, 6.07) is 9.47. The number of amides is 1. The van der Waals surface area contributed by atoms with Gasteiger partial charge in [-0.15, -0.1) is 6.58 Å². The van der Waals surface area contributed by atoms with Crippen LogP contribution in [0.5, 0.6) is 0 Å². The van der Waals surface area contributed by atoms with Crippen LogP contribution in [-0.4, -0.2) is 23.8 Å². The number of hydrogen-bond donors (Lipinski definition) is 2. The van der Waals surface area contributed by atoms with E-state index in [0.717, 1.165) is 5.56 Å². The predicted octanol–water partition coefficient (Wildman–Crippen LogP) is 2.49. The number of alkyl carbamates (subject to hydrolysis) is 1. The van der Waals surface area contributed by atoms with Crippen LogP contribution in [0.15, 0.2) is 43.0 Å². The number of aliphatic hydroxyl groups excluding tert-OH is 1. The van der Waals surface area contributed by atoms with Crippen molar-refractivity contribution in [3.8, 4) is 0 Å². The summed E-state index contributed by atoms with van der Waals surface area (Å²) >= 11 is 0. The molecule has 0 radical (unpaired) electrons. The maximum Gasteiger partial charge on any atom is 0.407 e. The summed E-state index contributed by atoms with van der Waals surface area (Å²) in [7, 11) is 0. The highest BCUT2D eigenvalue weighted by molar-refractivity contribution is 5.67. The Hall–Kier alpha value is -1.81. The lowest BCUT2D eigenvalue weighted by molar-refractivity contribution is 0.115. The lowest BCUT2D eigenvalue weighted by atomic mass is 10.0. The van der Waals surface area contributed by atoms with Gasteiger partial charge in [-0.3, -0.25) is 0 Å². The van der Waals surface area contributed by atoms with Crippen LogP contribution >= 0.6 is 0 Å². The Labute approximate surface area is 114 Å². The van der Waals surface area contributed by atoms with Gasteiger partial charge in [0.15, 0.2) is 0 Å². The highest BCUT2D eigenvalue weighted by Gasteiger charge is 2.15. The largest absolute Gasteiger partial charge is 0.445 e. The van der Waals surface area contributed by atoms with E-state index in [1.165, 1.54) is 0 Å². The van der Waals surface area contributed by atoms with Crippen molar-refractivity contribution in [2.45, 2.75) is 26.1 Å². The zero-order valence-electron chi connectivity index (χ0n) is 11.2. The molecule has 0 aliphatic heterocycles. The number of carbonyl (C=O) groups is 1. The van der Waals surface area contributed by atoms with Gasteiger partial charge in [-0.25, -0.2) is 4.79 Å². The van der Waals surface area contributed by atoms with Crippen molar-refractivity contribution >= 4 is 6.09 Å². The summed E-state index contributed by atoms with van der Waals surface area (Å²) in [5.41, 5.74) is 0.937. The molecule has 0 bridgehead atoms. The fraction of sp³-hybridized carbons (Fsp3) is 0.400. The zero-order valence-corrected chi connectivity index (χ0v) is 11.2. The summed E-state index contributed by atoms with van der Waals surface area (Å²) in [6.07, 6.45) is 1.29. The summed E-state index contributed by atoms with van der Waals surface area (Å²) < 4.78 is 5.07. The molecule has 0 saturated heterocycles. The minimum atomic E-state index is -0.494. The van der Waals surface area contributed by atoms with E-state index in [4.69, 9.17) is 4.74 Å². The van der Waals surface area contributed by atoms with Crippen LogP contribution < -0.4 is 5.32 Å². The van der Waals surface area contributed by atoms with E-state index in [2.05, 4.69) is 11.9 Å². The number of ether oxygens (including phenoxy) is 1. The van der Waals surface area contributed by atoms with Gasteiger partial charge in [0.25, 0.3) is 0 Å². The van der Waals surface area contributed by atoms with Gasteiger partial charge < -0.3 is 15.2 Å². The molecule has 4 heteroatoms. The van der Waals surface area contributed by atoms with Gasteiger partial charge >= 0.3 is 6.09 Å². The molecule has 2 N–H and O–H groups in total. The number of nitrogens with one attached hydrogen (secondary N) is 1. The summed E-state index contributed by atoms with van der Waals surface area (Å²) in [5, 5.41) is 12.3. The van der Waals surface area contributed by atoms with Crippen LogP contribution in [0.4, 0.5) is 4.79 Å². The van der Waals surface area contributed by atoms with Crippen molar-refractivity contribution in [3.05, 3.63) is 48.6 Å². The van der Waals surface area contributed by atoms with Crippen molar-refractivity contribution in [1.82, 2.24) is 5.32 Å². The van der Waals surface area contributed by atoms with E-state index in [1.54, 1.807) is 6.08 Å². The molecule has 104 valence electrons. The number of benzene rings is 1. The molecule has 1 aromatic carbocycles. The van der Waals surface area contributed by atoms with Gasteiger partial charge in [-0.1, -0.05) is 43.3 Å². The monoisotopic (exact) mass is 263 g/mol. The maximum atomic E-state index is 11.5. The fourth-order valence-electron chi connectivity index (χ4n) is 1.65. The van der Waals surface area contributed by atoms with Crippen LogP contribution in [0.3, 0.4) is 0 Å². The first-order valence-electron chi connectivity index (χ1n) is 6.42. The summed E-state index contributed by atoms with van der Waals surface area (Å²) in [5.74, 6) is -0.158. The first-order valence-corrected chi connectivity index (χ1v) is 6.42. The van der Waals surface area contributed by atoms with E-state index in [0.29, 0.717) is 13.0 Å². The molecule has 0 unspecified atom stereocenters. The molecule has 0 aromatic heterocycles. The van der Waals surface area contributed by atoms with E-state index >= 15 is 0 Å². The molecule has 0 spiro atoms. The lowest BCUT2D eigenvalue weighted by Crippen LogP contribution is -2.34. The van der Waals surface area contributed by atoms with Crippen LogP contribution in [0.2, 0.25) is 0 Å². The normalized spacial score (nSPS) is 13.4. The third-order valence-electron chi connectivity index (χ3n) is 2.91. The third-order valence-corrected chi connectivity index (χ3v) is 2.91. The predicted molar refractivity (Wildman–Crippen MR) is 74.6 cm³/mol. The Morgan fingerprint density at radius 3 is 2.74 bits per heavy atom. The average molecular weight is 263 g/mol. The lowest BCUT2D eigenvalue weighted by Gasteiger charge is -2.18. The molecule has 4 nitrogen and oxygen atoms in total. The van der Waals surface area contributed by atoms with Crippen molar-refractivity contribution in [2.75, 3.05) is 6.54 Å². The third kappa shape index (κ3) is 5.57. The highest BCUT2D eigenvalue weighted by atomic mass is 16.5. The molecule has 0 saturated carbocycles. The number of aliphatic hydroxyl groups is 1. The number of carbonyl (C=O) groups excluding carboxylic acids is 1. The Morgan fingerprint density at radius 2 is 2.16 bits per heavy atom. The molecule has 0 aliphatic rings. The first kappa shape index (κ1) is 15.2.